The Labute approximate surface area is 110 Å². The van der Waals surface area contributed by atoms with Crippen molar-refractivity contribution in [2.24, 2.45) is 5.92 Å². The summed E-state index contributed by atoms with van der Waals surface area (Å²) < 4.78 is 0. The Morgan fingerprint density at radius 2 is 1.61 bits per heavy atom. The second-order valence-corrected chi connectivity index (χ2v) is 5.15. The molecule has 0 aromatic rings. The van der Waals surface area contributed by atoms with Crippen LogP contribution in [-0.4, -0.2) is 47.8 Å². The average molecular weight is 254 g/mol. The van der Waals surface area contributed by atoms with Crippen molar-refractivity contribution in [3.05, 3.63) is 0 Å². The summed E-state index contributed by atoms with van der Waals surface area (Å²) in [5, 5.41) is 0. The third-order valence-electron chi connectivity index (χ3n) is 3.55. The predicted molar refractivity (Wildman–Crippen MR) is 72.1 cm³/mol. The van der Waals surface area contributed by atoms with Crippen molar-refractivity contribution in [3.8, 4) is 0 Å². The van der Waals surface area contributed by atoms with E-state index in [0.717, 1.165) is 38.8 Å². The van der Waals surface area contributed by atoms with Crippen molar-refractivity contribution >= 4 is 11.8 Å². The highest BCUT2D eigenvalue weighted by Gasteiger charge is 2.36. The van der Waals surface area contributed by atoms with Gasteiger partial charge in [-0.1, -0.05) is 26.7 Å². The van der Waals surface area contributed by atoms with Gasteiger partial charge in [0.1, 0.15) is 0 Å². The largest absolute Gasteiger partial charge is 0.342 e. The standard InChI is InChI=1S/C14H26N2O2/c1-4-6-8-15(9-7-5-2)14(18)13-10-16(11-13)12(3)17/h13H,4-11H2,1-3H3. The molecule has 18 heavy (non-hydrogen) atoms. The lowest BCUT2D eigenvalue weighted by atomic mass is 9.98. The zero-order valence-corrected chi connectivity index (χ0v) is 11.9. The molecule has 1 heterocycles. The number of carbonyl (C=O) groups excluding carboxylic acids is 2. The van der Waals surface area contributed by atoms with Crippen LogP contribution >= 0.6 is 0 Å². The van der Waals surface area contributed by atoms with Crippen LogP contribution in [0.4, 0.5) is 0 Å². The van der Waals surface area contributed by atoms with Gasteiger partial charge in [0.2, 0.25) is 11.8 Å². The van der Waals surface area contributed by atoms with Gasteiger partial charge in [0.25, 0.3) is 0 Å². The number of hydrogen-bond donors (Lipinski definition) is 0. The Balaban J connectivity index is 2.41. The van der Waals surface area contributed by atoms with Crippen LogP contribution in [0.25, 0.3) is 0 Å². The molecule has 1 aliphatic heterocycles. The van der Waals surface area contributed by atoms with E-state index in [9.17, 15) is 9.59 Å². The van der Waals surface area contributed by atoms with Crippen molar-refractivity contribution in [2.75, 3.05) is 26.2 Å². The molecule has 1 fully saturated rings. The highest BCUT2D eigenvalue weighted by atomic mass is 16.2. The van der Waals surface area contributed by atoms with Crippen LogP contribution in [0.3, 0.4) is 0 Å². The Kier molecular flexibility index (Phi) is 6.16. The summed E-state index contributed by atoms with van der Waals surface area (Å²) >= 11 is 0. The van der Waals surface area contributed by atoms with Crippen molar-refractivity contribution in [1.29, 1.82) is 0 Å². The van der Waals surface area contributed by atoms with Gasteiger partial charge in [-0.25, -0.2) is 0 Å². The maximum Gasteiger partial charge on any atom is 0.229 e. The second-order valence-electron chi connectivity index (χ2n) is 5.15. The molecule has 1 saturated heterocycles. The molecule has 0 N–H and O–H groups in total. The van der Waals surface area contributed by atoms with Crippen molar-refractivity contribution in [2.45, 2.75) is 46.5 Å². The van der Waals surface area contributed by atoms with E-state index in [4.69, 9.17) is 0 Å². The number of amides is 2. The van der Waals surface area contributed by atoms with E-state index in [1.165, 1.54) is 0 Å². The van der Waals surface area contributed by atoms with Gasteiger partial charge in [0.05, 0.1) is 5.92 Å². The van der Waals surface area contributed by atoms with Crippen LogP contribution in [0.2, 0.25) is 0 Å². The lowest BCUT2D eigenvalue weighted by Crippen LogP contribution is -2.56. The quantitative estimate of drug-likeness (QED) is 0.696. The SMILES string of the molecule is CCCCN(CCCC)C(=O)C1CN(C(C)=O)C1. The van der Waals surface area contributed by atoms with E-state index in [-0.39, 0.29) is 17.7 Å². The van der Waals surface area contributed by atoms with Crippen LogP contribution in [0.15, 0.2) is 0 Å². The third kappa shape index (κ3) is 4.00. The molecule has 0 saturated carbocycles. The summed E-state index contributed by atoms with van der Waals surface area (Å²) in [6.07, 6.45) is 4.36. The van der Waals surface area contributed by atoms with E-state index < -0.39 is 0 Å². The molecule has 104 valence electrons. The van der Waals surface area contributed by atoms with Crippen LogP contribution in [0, 0.1) is 5.92 Å². The summed E-state index contributed by atoms with van der Waals surface area (Å²) in [5.41, 5.74) is 0. The molecular weight excluding hydrogens is 228 g/mol. The van der Waals surface area contributed by atoms with E-state index >= 15 is 0 Å². The molecule has 0 bridgehead atoms. The third-order valence-corrected chi connectivity index (χ3v) is 3.55. The van der Waals surface area contributed by atoms with Crippen LogP contribution in [0.5, 0.6) is 0 Å². The van der Waals surface area contributed by atoms with E-state index in [2.05, 4.69) is 13.8 Å². The number of carbonyl (C=O) groups is 2. The molecule has 1 rings (SSSR count). The van der Waals surface area contributed by atoms with Gasteiger partial charge in [-0.15, -0.1) is 0 Å². The number of likely N-dealkylation sites (tertiary alicyclic amines) is 1. The zero-order chi connectivity index (χ0) is 13.5. The molecule has 0 aromatic heterocycles. The van der Waals surface area contributed by atoms with Crippen LogP contribution in [0.1, 0.15) is 46.5 Å². The molecule has 0 aromatic carbocycles. The highest BCUT2D eigenvalue weighted by Crippen LogP contribution is 2.19. The molecule has 4 heteroatoms. The average Bonchev–Trinajstić information content (AvgIpc) is 2.26. The molecule has 0 spiro atoms. The maximum atomic E-state index is 12.3. The number of nitrogens with zero attached hydrogens (tertiary/aromatic N) is 2. The Morgan fingerprint density at radius 3 is 2.00 bits per heavy atom. The van der Waals surface area contributed by atoms with Crippen LogP contribution in [-0.2, 0) is 9.59 Å². The van der Waals surface area contributed by atoms with E-state index in [0.29, 0.717) is 13.1 Å². The molecule has 0 unspecified atom stereocenters. The Bertz CT molecular complexity index is 278. The molecule has 4 nitrogen and oxygen atoms in total. The molecule has 0 aliphatic carbocycles. The Morgan fingerprint density at radius 1 is 1.11 bits per heavy atom. The number of rotatable bonds is 7. The Hall–Kier alpha value is -1.06. The first kappa shape index (κ1) is 15.0. The summed E-state index contributed by atoms with van der Waals surface area (Å²) in [5.74, 6) is 0.365. The normalized spacial score (nSPS) is 15.4. The molecular formula is C14H26N2O2. The molecule has 0 atom stereocenters. The topological polar surface area (TPSA) is 40.6 Å². The molecule has 2 amide bonds. The summed E-state index contributed by atoms with van der Waals surface area (Å²) in [6, 6.07) is 0. The molecule has 0 radical (unpaired) electrons. The summed E-state index contributed by atoms with van der Waals surface area (Å²) in [4.78, 5) is 27.1. The fourth-order valence-electron chi connectivity index (χ4n) is 2.18. The number of unbranched alkanes of at least 4 members (excludes halogenated alkanes) is 2. The van der Waals surface area contributed by atoms with Gasteiger partial charge in [-0.05, 0) is 12.8 Å². The van der Waals surface area contributed by atoms with E-state index in [1.54, 1.807) is 11.8 Å². The lowest BCUT2D eigenvalue weighted by molar-refractivity contribution is -0.147. The van der Waals surface area contributed by atoms with Crippen molar-refractivity contribution in [3.63, 3.8) is 0 Å². The fourth-order valence-corrected chi connectivity index (χ4v) is 2.18. The zero-order valence-electron chi connectivity index (χ0n) is 11.9. The first-order chi connectivity index (χ1) is 8.60. The monoisotopic (exact) mass is 254 g/mol. The lowest BCUT2D eigenvalue weighted by Gasteiger charge is -2.40. The molecule has 1 aliphatic rings. The minimum Gasteiger partial charge on any atom is -0.342 e. The van der Waals surface area contributed by atoms with Gasteiger partial charge in [0, 0.05) is 33.1 Å². The van der Waals surface area contributed by atoms with Gasteiger partial charge in [-0.3, -0.25) is 9.59 Å². The van der Waals surface area contributed by atoms with Gasteiger partial charge in [-0.2, -0.15) is 0 Å². The van der Waals surface area contributed by atoms with Gasteiger partial charge in [0.15, 0.2) is 0 Å². The van der Waals surface area contributed by atoms with Gasteiger partial charge >= 0.3 is 0 Å². The first-order valence-corrected chi connectivity index (χ1v) is 7.14. The smallest absolute Gasteiger partial charge is 0.229 e. The van der Waals surface area contributed by atoms with Crippen LogP contribution < -0.4 is 0 Å². The summed E-state index contributed by atoms with van der Waals surface area (Å²) in [7, 11) is 0. The second kappa shape index (κ2) is 7.39. The van der Waals surface area contributed by atoms with E-state index in [1.807, 2.05) is 4.90 Å². The highest BCUT2D eigenvalue weighted by molar-refractivity contribution is 5.83. The van der Waals surface area contributed by atoms with Gasteiger partial charge < -0.3 is 9.80 Å². The summed E-state index contributed by atoms with van der Waals surface area (Å²) in [6.45, 7) is 8.81. The maximum absolute atomic E-state index is 12.3. The predicted octanol–water partition coefficient (Wildman–Crippen LogP) is 1.89. The minimum absolute atomic E-state index is 0.0441. The minimum atomic E-state index is 0.0441. The first-order valence-electron chi connectivity index (χ1n) is 7.14. The van der Waals surface area contributed by atoms with Crippen molar-refractivity contribution in [1.82, 2.24) is 9.80 Å². The fraction of sp³-hybridized carbons (Fsp3) is 0.857. The van der Waals surface area contributed by atoms with Crippen molar-refractivity contribution < 1.29 is 9.59 Å². The number of hydrogen-bond acceptors (Lipinski definition) is 2.